The Labute approximate surface area is 87.6 Å². The molecular formula is C10H12N4O. The summed E-state index contributed by atoms with van der Waals surface area (Å²) in [4.78, 5) is 25.5. The highest BCUT2D eigenvalue weighted by molar-refractivity contribution is 6.19. The Kier molecular flexibility index (Phi) is 1.90. The first-order valence-corrected chi connectivity index (χ1v) is 5.32. The molecule has 0 radical (unpaired) electrons. The molecule has 0 N–H and O–H groups in total. The Bertz CT molecular complexity index is 379. The van der Waals surface area contributed by atoms with E-state index in [-0.39, 0.29) is 5.91 Å². The lowest BCUT2D eigenvalue weighted by molar-refractivity contribution is -0.117. The first kappa shape index (κ1) is 8.76. The number of carbonyl (C=O) groups is 1. The van der Waals surface area contributed by atoms with Crippen molar-refractivity contribution in [3.63, 3.8) is 0 Å². The summed E-state index contributed by atoms with van der Waals surface area (Å²) in [5.74, 6) is 0.568. The average molecular weight is 204 g/mol. The monoisotopic (exact) mass is 204 g/mol. The third-order valence-corrected chi connectivity index (χ3v) is 3.18. The van der Waals surface area contributed by atoms with Gasteiger partial charge in [0.2, 0.25) is 0 Å². The summed E-state index contributed by atoms with van der Waals surface area (Å²) < 4.78 is 0. The molecule has 0 aromatic rings. The maximum Gasteiger partial charge on any atom is 0.279 e. The van der Waals surface area contributed by atoms with Crippen LogP contribution in [0.15, 0.2) is 15.0 Å². The van der Waals surface area contributed by atoms with Crippen molar-refractivity contribution in [2.75, 3.05) is 0 Å². The summed E-state index contributed by atoms with van der Waals surface area (Å²) in [6, 6.07) is 0.0207. The van der Waals surface area contributed by atoms with Crippen molar-refractivity contribution in [3.8, 4) is 0 Å². The van der Waals surface area contributed by atoms with Crippen LogP contribution in [0.3, 0.4) is 0 Å². The minimum absolute atomic E-state index is 0.197. The van der Waals surface area contributed by atoms with Crippen molar-refractivity contribution >= 4 is 24.4 Å². The lowest BCUT2D eigenvalue weighted by Gasteiger charge is -2.24. The lowest BCUT2D eigenvalue weighted by atomic mass is 10.2. The van der Waals surface area contributed by atoms with Gasteiger partial charge in [0.25, 0.3) is 5.91 Å². The number of aliphatic imine (C=N–C) groups is 3. The topological polar surface area (TPSA) is 57.4 Å². The Morgan fingerprint density at radius 3 is 2.93 bits per heavy atom. The standard InChI is InChI=1S/C10H12N4O/c15-10-8-9(11-5-12-10)14(6-13-8)7-3-1-2-4-7/h5-8H,1-4H2. The molecule has 1 fully saturated rings. The fourth-order valence-electron chi connectivity index (χ4n) is 2.40. The number of hydrogen-bond donors (Lipinski definition) is 0. The molecule has 1 amide bonds. The number of amides is 1. The maximum absolute atomic E-state index is 11.4. The van der Waals surface area contributed by atoms with Crippen LogP contribution in [0, 0.1) is 0 Å². The first-order chi connectivity index (χ1) is 7.36. The predicted octanol–water partition coefficient (Wildman–Crippen LogP) is 0.608. The van der Waals surface area contributed by atoms with Crippen LogP contribution in [0.5, 0.6) is 0 Å². The molecule has 1 atom stereocenters. The minimum atomic E-state index is -0.462. The zero-order valence-electron chi connectivity index (χ0n) is 8.33. The van der Waals surface area contributed by atoms with E-state index < -0.39 is 6.04 Å². The zero-order valence-corrected chi connectivity index (χ0v) is 8.33. The van der Waals surface area contributed by atoms with Crippen LogP contribution in [0.2, 0.25) is 0 Å². The summed E-state index contributed by atoms with van der Waals surface area (Å²) in [6.45, 7) is 0. The highest BCUT2D eigenvalue weighted by atomic mass is 16.1. The van der Waals surface area contributed by atoms with Crippen LogP contribution in [0.1, 0.15) is 25.7 Å². The van der Waals surface area contributed by atoms with Crippen LogP contribution in [0.4, 0.5) is 0 Å². The average Bonchev–Trinajstić information content (AvgIpc) is 2.85. The normalized spacial score (nSPS) is 29.9. The Morgan fingerprint density at radius 2 is 2.13 bits per heavy atom. The molecule has 15 heavy (non-hydrogen) atoms. The molecule has 1 saturated carbocycles. The number of rotatable bonds is 1. The fraction of sp³-hybridized carbons (Fsp3) is 0.600. The van der Waals surface area contributed by atoms with Gasteiger partial charge in [-0.25, -0.2) is 4.99 Å². The molecule has 0 aromatic carbocycles. The third-order valence-electron chi connectivity index (χ3n) is 3.18. The molecule has 3 rings (SSSR count). The molecule has 0 aromatic heterocycles. The van der Waals surface area contributed by atoms with E-state index in [9.17, 15) is 4.79 Å². The summed E-state index contributed by atoms with van der Waals surface area (Å²) in [5.41, 5.74) is 0. The van der Waals surface area contributed by atoms with Gasteiger partial charge in [-0.05, 0) is 12.8 Å². The Morgan fingerprint density at radius 1 is 1.33 bits per heavy atom. The van der Waals surface area contributed by atoms with E-state index in [0.717, 1.165) is 5.84 Å². The van der Waals surface area contributed by atoms with Crippen LogP contribution in [-0.4, -0.2) is 41.4 Å². The molecule has 2 aliphatic heterocycles. The molecule has 0 bridgehead atoms. The molecule has 3 aliphatic rings. The highest BCUT2D eigenvalue weighted by Gasteiger charge is 2.37. The number of amidine groups is 1. The van der Waals surface area contributed by atoms with Gasteiger partial charge >= 0.3 is 0 Å². The minimum Gasteiger partial charge on any atom is -0.316 e. The van der Waals surface area contributed by atoms with Gasteiger partial charge in [-0.1, -0.05) is 12.8 Å². The van der Waals surface area contributed by atoms with E-state index in [1.165, 1.54) is 32.0 Å². The van der Waals surface area contributed by atoms with E-state index in [4.69, 9.17) is 0 Å². The SMILES string of the molecule is O=C1N=CN=C2C1N=CN2C1CCCC1. The molecule has 78 valence electrons. The van der Waals surface area contributed by atoms with Crippen molar-refractivity contribution < 1.29 is 4.79 Å². The van der Waals surface area contributed by atoms with Gasteiger partial charge in [0.05, 0.1) is 6.34 Å². The molecule has 1 unspecified atom stereocenters. The van der Waals surface area contributed by atoms with Crippen molar-refractivity contribution in [2.24, 2.45) is 15.0 Å². The van der Waals surface area contributed by atoms with Crippen LogP contribution >= 0.6 is 0 Å². The van der Waals surface area contributed by atoms with E-state index in [1.807, 2.05) is 0 Å². The zero-order chi connectivity index (χ0) is 10.3. The van der Waals surface area contributed by atoms with Gasteiger partial charge in [0, 0.05) is 6.04 Å². The van der Waals surface area contributed by atoms with Crippen LogP contribution < -0.4 is 0 Å². The van der Waals surface area contributed by atoms with Gasteiger partial charge in [-0.2, -0.15) is 4.99 Å². The molecule has 0 spiro atoms. The van der Waals surface area contributed by atoms with E-state index in [0.29, 0.717) is 6.04 Å². The van der Waals surface area contributed by atoms with Crippen molar-refractivity contribution in [1.29, 1.82) is 0 Å². The quantitative estimate of drug-likeness (QED) is 0.628. The molecule has 5 heteroatoms. The molecule has 2 heterocycles. The molecule has 0 saturated heterocycles. The van der Waals surface area contributed by atoms with Crippen molar-refractivity contribution in [1.82, 2.24) is 4.90 Å². The molecule has 1 aliphatic carbocycles. The number of carbonyl (C=O) groups excluding carboxylic acids is 1. The summed E-state index contributed by atoms with van der Waals surface area (Å²) in [7, 11) is 0. The fourth-order valence-corrected chi connectivity index (χ4v) is 2.40. The van der Waals surface area contributed by atoms with Gasteiger partial charge in [-0.15, -0.1) is 0 Å². The predicted molar refractivity (Wildman–Crippen MR) is 57.3 cm³/mol. The molecule has 5 nitrogen and oxygen atoms in total. The van der Waals surface area contributed by atoms with E-state index in [1.54, 1.807) is 6.34 Å². The van der Waals surface area contributed by atoms with Gasteiger partial charge in [0.1, 0.15) is 12.2 Å². The largest absolute Gasteiger partial charge is 0.316 e. The van der Waals surface area contributed by atoms with Crippen LogP contribution in [-0.2, 0) is 4.79 Å². The van der Waals surface area contributed by atoms with Gasteiger partial charge in [-0.3, -0.25) is 9.79 Å². The summed E-state index contributed by atoms with van der Waals surface area (Å²) in [6.07, 6.45) is 7.95. The number of nitrogens with zero attached hydrogens (tertiary/aromatic N) is 4. The van der Waals surface area contributed by atoms with Gasteiger partial charge < -0.3 is 4.90 Å². The van der Waals surface area contributed by atoms with Crippen LogP contribution in [0.25, 0.3) is 0 Å². The Balaban J connectivity index is 1.87. The maximum atomic E-state index is 11.4. The van der Waals surface area contributed by atoms with E-state index in [2.05, 4.69) is 19.9 Å². The van der Waals surface area contributed by atoms with Crippen molar-refractivity contribution in [3.05, 3.63) is 0 Å². The summed E-state index contributed by atoms with van der Waals surface area (Å²) >= 11 is 0. The van der Waals surface area contributed by atoms with Crippen molar-refractivity contribution in [2.45, 2.75) is 37.8 Å². The number of hydrogen-bond acceptors (Lipinski definition) is 4. The highest BCUT2D eigenvalue weighted by Crippen LogP contribution is 2.26. The Hall–Kier alpha value is -1.52. The third kappa shape index (κ3) is 1.30. The lowest BCUT2D eigenvalue weighted by Crippen LogP contribution is -2.41. The number of fused-ring (bicyclic) bond motifs is 1. The summed E-state index contributed by atoms with van der Waals surface area (Å²) in [5, 5.41) is 0. The first-order valence-electron chi connectivity index (χ1n) is 5.32. The van der Waals surface area contributed by atoms with E-state index >= 15 is 0 Å². The second-order valence-electron chi connectivity index (χ2n) is 4.08. The second-order valence-corrected chi connectivity index (χ2v) is 4.08. The molecular weight excluding hydrogens is 192 g/mol. The van der Waals surface area contributed by atoms with Gasteiger partial charge in [0.15, 0.2) is 6.04 Å². The second kappa shape index (κ2) is 3.25. The smallest absolute Gasteiger partial charge is 0.279 e.